The molecule has 150 valence electrons. The number of hydrogen-bond donors (Lipinski definition) is 2. The van der Waals surface area contributed by atoms with Gasteiger partial charge in [0.25, 0.3) is 5.91 Å². The molecule has 0 saturated carbocycles. The maximum Gasteiger partial charge on any atom is 0.263 e. The molecule has 10 nitrogen and oxygen atoms in total. The summed E-state index contributed by atoms with van der Waals surface area (Å²) in [6.07, 6.45) is 7.16. The van der Waals surface area contributed by atoms with E-state index in [1.54, 1.807) is 0 Å². The van der Waals surface area contributed by atoms with Crippen LogP contribution >= 0.6 is 0 Å². The highest BCUT2D eigenvalue weighted by Gasteiger charge is 2.36. The maximum absolute atomic E-state index is 13.4. The number of fused-ring (bicyclic) bond motifs is 4. The van der Waals surface area contributed by atoms with Gasteiger partial charge in [-0.2, -0.15) is 4.98 Å². The first-order valence-electron chi connectivity index (χ1n) is 9.38. The third-order valence-corrected chi connectivity index (χ3v) is 5.48. The molecular weight excluding hydrogens is 379 g/mol. The van der Waals surface area contributed by atoms with Gasteiger partial charge in [-0.25, -0.2) is 18.9 Å². The van der Waals surface area contributed by atoms with Crippen LogP contribution in [0, 0.1) is 11.7 Å². The maximum atomic E-state index is 13.4. The molecule has 3 aliphatic heterocycles. The van der Waals surface area contributed by atoms with Crippen molar-refractivity contribution in [3.05, 3.63) is 36.3 Å². The van der Waals surface area contributed by atoms with Gasteiger partial charge in [0.15, 0.2) is 17.3 Å². The first-order valence-corrected chi connectivity index (χ1v) is 9.38. The molecule has 3 aromatic rings. The number of amides is 1. The summed E-state index contributed by atoms with van der Waals surface area (Å²) < 4.78 is 20.6. The Morgan fingerprint density at radius 1 is 1.28 bits per heavy atom. The normalized spacial score (nSPS) is 23.3. The van der Waals surface area contributed by atoms with Crippen LogP contribution in [0.15, 0.2) is 24.9 Å². The molecule has 6 rings (SSSR count). The van der Waals surface area contributed by atoms with Crippen molar-refractivity contribution in [2.45, 2.75) is 18.9 Å². The lowest BCUT2D eigenvalue weighted by atomic mass is 9.86. The minimum atomic E-state index is -0.586. The Labute approximate surface area is 164 Å². The second-order valence-electron chi connectivity index (χ2n) is 7.29. The predicted octanol–water partition coefficient (Wildman–Crippen LogP) is 0.966. The van der Waals surface area contributed by atoms with Crippen LogP contribution in [0.3, 0.4) is 0 Å². The molecule has 0 spiro atoms. The Morgan fingerprint density at radius 2 is 2.10 bits per heavy atom. The summed E-state index contributed by atoms with van der Waals surface area (Å²) in [5.74, 6) is -0.409. The fraction of sp³-hybridized carbons (Fsp3) is 0.389. The van der Waals surface area contributed by atoms with Crippen molar-refractivity contribution in [1.29, 1.82) is 0 Å². The van der Waals surface area contributed by atoms with Gasteiger partial charge >= 0.3 is 0 Å². The van der Waals surface area contributed by atoms with Gasteiger partial charge in [0, 0.05) is 6.54 Å². The zero-order valence-corrected chi connectivity index (χ0v) is 15.5. The van der Waals surface area contributed by atoms with E-state index in [4.69, 9.17) is 10.5 Å². The third-order valence-electron chi connectivity index (χ3n) is 5.48. The number of carbonyl (C=O) groups is 1. The summed E-state index contributed by atoms with van der Waals surface area (Å²) in [7, 11) is 0. The second-order valence-corrected chi connectivity index (χ2v) is 7.29. The molecule has 1 atom stereocenters. The van der Waals surface area contributed by atoms with Crippen LogP contribution in [-0.2, 0) is 0 Å². The summed E-state index contributed by atoms with van der Waals surface area (Å²) in [4.78, 5) is 27.3. The quantitative estimate of drug-likeness (QED) is 0.666. The summed E-state index contributed by atoms with van der Waals surface area (Å²) in [6, 6.07) is 0. The molecule has 3 fully saturated rings. The number of nitrogens with two attached hydrogens (primary N) is 1. The molecule has 3 aliphatic rings. The Balaban J connectivity index is 1.40. The molecule has 11 heteroatoms. The van der Waals surface area contributed by atoms with E-state index in [2.05, 4.69) is 30.3 Å². The third kappa shape index (κ3) is 3.23. The molecule has 0 radical (unpaired) electrons. The Bertz CT molecular complexity index is 1080. The summed E-state index contributed by atoms with van der Waals surface area (Å²) in [6.45, 7) is 3.04. The largest absolute Gasteiger partial charge is 0.471 e. The molecular formula is C18H19FN8O2. The van der Waals surface area contributed by atoms with Crippen molar-refractivity contribution in [3.63, 3.8) is 0 Å². The van der Waals surface area contributed by atoms with Crippen molar-refractivity contribution >= 4 is 23.1 Å². The number of anilines is 2. The van der Waals surface area contributed by atoms with E-state index >= 15 is 0 Å². The highest BCUT2D eigenvalue weighted by Crippen LogP contribution is 2.32. The first kappa shape index (κ1) is 17.7. The lowest BCUT2D eigenvalue weighted by Gasteiger charge is -2.44. The summed E-state index contributed by atoms with van der Waals surface area (Å²) >= 11 is 0. The van der Waals surface area contributed by atoms with Crippen LogP contribution in [0.4, 0.5) is 15.9 Å². The lowest BCUT2D eigenvalue weighted by Crippen LogP contribution is -2.52. The number of hydrogen-bond acceptors (Lipinski definition) is 8. The summed E-state index contributed by atoms with van der Waals surface area (Å²) in [5.41, 5.74) is 6.39. The predicted molar refractivity (Wildman–Crippen MR) is 101 cm³/mol. The SMILES string of the molecule is Nc1nn2cc(F)cnc2c1C(=O)Nc1cncnc1O[C@@H]1CN2CCC1CC2. The van der Waals surface area contributed by atoms with Crippen molar-refractivity contribution in [2.75, 3.05) is 30.7 Å². The van der Waals surface area contributed by atoms with Gasteiger partial charge in [-0.15, -0.1) is 5.10 Å². The molecule has 6 heterocycles. The van der Waals surface area contributed by atoms with Gasteiger partial charge < -0.3 is 15.8 Å². The van der Waals surface area contributed by atoms with Crippen LogP contribution in [0.25, 0.3) is 5.65 Å². The summed E-state index contributed by atoms with van der Waals surface area (Å²) in [5, 5.41) is 6.67. The van der Waals surface area contributed by atoms with Crippen molar-refractivity contribution in [2.24, 2.45) is 5.92 Å². The highest BCUT2D eigenvalue weighted by atomic mass is 19.1. The topological polar surface area (TPSA) is 124 Å². The number of rotatable bonds is 4. The van der Waals surface area contributed by atoms with E-state index < -0.39 is 11.7 Å². The number of ether oxygens (including phenoxy) is 1. The van der Waals surface area contributed by atoms with Crippen LogP contribution < -0.4 is 15.8 Å². The number of nitrogen functional groups attached to an aromatic ring is 1. The fourth-order valence-corrected chi connectivity index (χ4v) is 4.02. The Hall–Kier alpha value is -3.34. The van der Waals surface area contributed by atoms with Gasteiger partial charge in [0.2, 0.25) is 5.88 Å². The molecule has 0 unspecified atom stereocenters. The van der Waals surface area contributed by atoms with Crippen molar-refractivity contribution in [3.8, 4) is 5.88 Å². The first-order chi connectivity index (χ1) is 14.1. The van der Waals surface area contributed by atoms with Gasteiger partial charge in [-0.3, -0.25) is 9.69 Å². The van der Waals surface area contributed by atoms with Crippen LogP contribution in [0.2, 0.25) is 0 Å². The van der Waals surface area contributed by atoms with Crippen LogP contribution in [0.5, 0.6) is 5.88 Å². The van der Waals surface area contributed by atoms with Crippen molar-refractivity contribution in [1.82, 2.24) is 29.5 Å². The second kappa shape index (κ2) is 6.92. The number of nitrogens with zero attached hydrogens (tertiary/aromatic N) is 6. The molecule has 3 saturated heterocycles. The van der Waals surface area contributed by atoms with E-state index in [1.165, 1.54) is 12.5 Å². The molecule has 3 aromatic heterocycles. The van der Waals surface area contributed by atoms with Gasteiger partial charge in [0.05, 0.1) is 18.6 Å². The van der Waals surface area contributed by atoms with E-state index in [0.29, 0.717) is 17.5 Å². The van der Waals surface area contributed by atoms with E-state index in [9.17, 15) is 9.18 Å². The van der Waals surface area contributed by atoms with Crippen LogP contribution in [-0.4, -0.2) is 61.1 Å². The molecule has 29 heavy (non-hydrogen) atoms. The van der Waals surface area contributed by atoms with E-state index in [1.807, 2.05) is 0 Å². The Kier molecular flexibility index (Phi) is 4.23. The number of carbonyl (C=O) groups excluding carboxylic acids is 1. The van der Waals surface area contributed by atoms with Gasteiger partial charge in [0.1, 0.15) is 23.7 Å². The zero-order valence-electron chi connectivity index (χ0n) is 15.5. The van der Waals surface area contributed by atoms with Gasteiger partial charge in [-0.1, -0.05) is 0 Å². The van der Waals surface area contributed by atoms with Gasteiger partial charge in [-0.05, 0) is 31.8 Å². The van der Waals surface area contributed by atoms with E-state index in [0.717, 1.165) is 49.4 Å². The number of piperidine rings is 3. The molecule has 2 bridgehead atoms. The monoisotopic (exact) mass is 398 g/mol. The zero-order chi connectivity index (χ0) is 20.0. The molecule has 0 aromatic carbocycles. The smallest absolute Gasteiger partial charge is 0.263 e. The minimum Gasteiger partial charge on any atom is -0.471 e. The number of aromatic nitrogens is 5. The standard InChI is InChI=1S/C18H19FN8O2/c19-11-5-22-16-14(15(20)25-27(16)7-11)17(28)24-12-6-21-9-23-18(12)29-13-8-26-3-1-10(13)2-4-26/h5-7,9-10,13H,1-4,8H2,(H2,20,25)(H,24,28)/t13-/m1/s1. The fourth-order valence-electron chi connectivity index (χ4n) is 4.02. The number of nitrogens with one attached hydrogen (secondary N) is 1. The lowest BCUT2D eigenvalue weighted by molar-refractivity contribution is -0.00962. The average Bonchev–Trinajstić information content (AvgIpc) is 3.05. The van der Waals surface area contributed by atoms with E-state index in [-0.39, 0.29) is 23.1 Å². The molecule has 0 aliphatic carbocycles. The molecule has 1 amide bonds. The Morgan fingerprint density at radius 3 is 2.86 bits per heavy atom. The average molecular weight is 398 g/mol. The molecule has 3 N–H and O–H groups in total. The van der Waals surface area contributed by atoms with Crippen molar-refractivity contribution < 1.29 is 13.9 Å². The highest BCUT2D eigenvalue weighted by molar-refractivity contribution is 6.11. The number of halogens is 1. The minimum absolute atomic E-state index is 0.0229. The van der Waals surface area contributed by atoms with Crippen LogP contribution in [0.1, 0.15) is 23.2 Å².